The first-order valence-corrected chi connectivity index (χ1v) is 8.24. The average molecular weight is 340 g/mol. The minimum Gasteiger partial charge on any atom is -0.369 e. The number of primary amides is 1. The lowest BCUT2D eigenvalue weighted by Crippen LogP contribution is -2.31. The van der Waals surface area contributed by atoms with Crippen LogP contribution in [-0.4, -0.2) is 20.8 Å². The van der Waals surface area contributed by atoms with Gasteiger partial charge < -0.3 is 5.73 Å². The van der Waals surface area contributed by atoms with Crippen molar-refractivity contribution < 1.29 is 4.79 Å². The maximum atomic E-state index is 12.8. The number of benzene rings is 2. The molecular formula is C17H16N4O2S. The van der Waals surface area contributed by atoms with E-state index in [0.29, 0.717) is 16.1 Å². The zero-order chi connectivity index (χ0) is 17.1. The fraction of sp³-hybridized carbons (Fsp3) is 0.118. The molecule has 3 rings (SSSR count). The van der Waals surface area contributed by atoms with Crippen molar-refractivity contribution in [1.29, 1.82) is 0 Å². The number of aromatic nitrogens is 2. The molecule has 122 valence electrons. The number of nitrogens with zero attached hydrogens (tertiary/aromatic N) is 2. The van der Waals surface area contributed by atoms with Crippen LogP contribution < -0.4 is 16.7 Å². The quantitative estimate of drug-likeness (QED) is 0.549. The standard InChI is InChI=1S/C17H16N4O2S/c1-11(15(18)22)24-17-19-14-10-6-5-9-13(14)16(23)21(17)20-12-7-3-2-4-8-12/h2-11,20H,1H3,(H2,18,22)/t11-/m1/s1. The van der Waals surface area contributed by atoms with E-state index in [0.717, 1.165) is 17.4 Å². The van der Waals surface area contributed by atoms with Crippen LogP contribution in [0.2, 0.25) is 0 Å². The van der Waals surface area contributed by atoms with Crippen LogP contribution in [0.1, 0.15) is 6.92 Å². The third-order valence-electron chi connectivity index (χ3n) is 3.44. The van der Waals surface area contributed by atoms with E-state index in [1.165, 1.54) is 4.68 Å². The van der Waals surface area contributed by atoms with Crippen LogP contribution in [0.5, 0.6) is 0 Å². The highest BCUT2D eigenvalue weighted by molar-refractivity contribution is 8.00. The molecule has 0 aliphatic rings. The smallest absolute Gasteiger partial charge is 0.280 e. The fourth-order valence-electron chi connectivity index (χ4n) is 2.15. The molecule has 3 aromatic rings. The maximum absolute atomic E-state index is 12.8. The van der Waals surface area contributed by atoms with E-state index in [1.54, 1.807) is 25.1 Å². The molecule has 0 unspecified atom stereocenters. The summed E-state index contributed by atoms with van der Waals surface area (Å²) in [5.41, 5.74) is 9.47. The van der Waals surface area contributed by atoms with Crippen molar-refractivity contribution >= 4 is 34.3 Å². The predicted octanol–water partition coefficient (Wildman–Crippen LogP) is 2.24. The molecule has 1 amide bonds. The molecule has 1 heterocycles. The van der Waals surface area contributed by atoms with Gasteiger partial charge in [-0.05, 0) is 31.2 Å². The Balaban J connectivity index is 2.14. The molecule has 0 radical (unpaired) electrons. The molecule has 0 bridgehead atoms. The molecule has 0 aliphatic heterocycles. The topological polar surface area (TPSA) is 90.0 Å². The first-order valence-electron chi connectivity index (χ1n) is 7.36. The van der Waals surface area contributed by atoms with E-state index in [4.69, 9.17) is 5.73 Å². The lowest BCUT2D eigenvalue weighted by molar-refractivity contribution is -0.117. The van der Waals surface area contributed by atoms with Gasteiger partial charge in [-0.1, -0.05) is 42.1 Å². The van der Waals surface area contributed by atoms with Crippen LogP contribution >= 0.6 is 11.8 Å². The Kier molecular flexibility index (Phi) is 4.52. The van der Waals surface area contributed by atoms with Crippen LogP contribution in [0.3, 0.4) is 0 Å². The zero-order valence-corrected chi connectivity index (χ0v) is 13.8. The first-order chi connectivity index (χ1) is 11.6. The second-order valence-electron chi connectivity index (χ2n) is 5.19. The van der Waals surface area contributed by atoms with Crippen LogP contribution in [0.4, 0.5) is 5.69 Å². The van der Waals surface area contributed by atoms with Gasteiger partial charge in [-0.25, -0.2) is 4.98 Å². The van der Waals surface area contributed by atoms with Gasteiger partial charge in [0.05, 0.1) is 21.8 Å². The summed E-state index contributed by atoms with van der Waals surface area (Å²) < 4.78 is 1.35. The molecule has 3 N–H and O–H groups in total. The Morgan fingerprint density at radius 3 is 2.54 bits per heavy atom. The van der Waals surface area contributed by atoms with Crippen LogP contribution in [-0.2, 0) is 4.79 Å². The number of rotatable bonds is 5. The van der Waals surface area contributed by atoms with Crippen molar-refractivity contribution in [1.82, 2.24) is 9.66 Å². The second kappa shape index (κ2) is 6.76. The predicted molar refractivity (Wildman–Crippen MR) is 96.0 cm³/mol. The summed E-state index contributed by atoms with van der Waals surface area (Å²) in [6, 6.07) is 16.4. The Hall–Kier alpha value is -2.80. The molecule has 1 aromatic heterocycles. The van der Waals surface area contributed by atoms with Crippen LogP contribution in [0.25, 0.3) is 10.9 Å². The molecule has 0 saturated heterocycles. The Labute approximate surface area is 142 Å². The molecule has 1 atom stereocenters. The Morgan fingerprint density at radius 2 is 1.83 bits per heavy atom. The summed E-state index contributed by atoms with van der Waals surface area (Å²) in [6.45, 7) is 1.68. The van der Waals surface area contributed by atoms with Crippen molar-refractivity contribution in [3.63, 3.8) is 0 Å². The van der Waals surface area contributed by atoms with Crippen LogP contribution in [0, 0.1) is 0 Å². The van der Waals surface area contributed by atoms with E-state index in [2.05, 4.69) is 10.4 Å². The molecule has 0 spiro atoms. The Morgan fingerprint density at radius 1 is 1.17 bits per heavy atom. The van der Waals surface area contributed by atoms with E-state index in [-0.39, 0.29) is 5.56 Å². The monoisotopic (exact) mass is 340 g/mol. The van der Waals surface area contributed by atoms with E-state index in [1.807, 2.05) is 36.4 Å². The van der Waals surface area contributed by atoms with Gasteiger partial charge in [-0.15, -0.1) is 0 Å². The molecule has 0 fully saturated rings. The largest absolute Gasteiger partial charge is 0.369 e. The molecule has 6 nitrogen and oxygen atoms in total. The third-order valence-corrected chi connectivity index (χ3v) is 4.51. The van der Waals surface area contributed by atoms with Gasteiger partial charge in [-0.2, -0.15) is 4.68 Å². The minimum absolute atomic E-state index is 0.233. The number of amides is 1. The molecule has 0 saturated carbocycles. The first kappa shape index (κ1) is 16.1. The van der Waals surface area contributed by atoms with Crippen molar-refractivity contribution in [3.05, 3.63) is 65.0 Å². The van der Waals surface area contributed by atoms with Gasteiger partial charge in [-0.3, -0.25) is 15.0 Å². The molecule has 0 aliphatic carbocycles. The lowest BCUT2D eigenvalue weighted by Gasteiger charge is -2.16. The summed E-state index contributed by atoms with van der Waals surface area (Å²) >= 11 is 1.14. The number of para-hydroxylation sites is 2. The number of anilines is 1. The number of carbonyl (C=O) groups is 1. The molecule has 24 heavy (non-hydrogen) atoms. The van der Waals surface area contributed by atoms with Crippen molar-refractivity contribution in [2.24, 2.45) is 5.73 Å². The lowest BCUT2D eigenvalue weighted by atomic mass is 10.2. The number of fused-ring (bicyclic) bond motifs is 1. The van der Waals surface area contributed by atoms with E-state index in [9.17, 15) is 9.59 Å². The molecule has 7 heteroatoms. The SMILES string of the molecule is C[C@@H](Sc1nc2ccccc2c(=O)n1Nc1ccccc1)C(N)=O. The summed E-state index contributed by atoms with van der Waals surface area (Å²) in [7, 11) is 0. The van der Waals surface area contributed by atoms with Crippen molar-refractivity contribution in [2.75, 3.05) is 5.43 Å². The summed E-state index contributed by atoms with van der Waals surface area (Å²) in [5.74, 6) is -0.464. The number of carbonyl (C=O) groups excluding carboxylic acids is 1. The summed E-state index contributed by atoms with van der Waals surface area (Å²) in [5, 5.41) is 0.368. The normalized spacial score (nSPS) is 12.0. The average Bonchev–Trinajstić information content (AvgIpc) is 2.59. The van der Waals surface area contributed by atoms with E-state index < -0.39 is 11.2 Å². The van der Waals surface area contributed by atoms with Gasteiger partial charge in [0.15, 0.2) is 5.16 Å². The molecule has 2 aromatic carbocycles. The number of hydrogen-bond donors (Lipinski definition) is 2. The number of hydrogen-bond acceptors (Lipinski definition) is 5. The third kappa shape index (κ3) is 3.26. The second-order valence-corrected chi connectivity index (χ2v) is 6.50. The summed E-state index contributed by atoms with van der Waals surface area (Å²) in [4.78, 5) is 28.7. The van der Waals surface area contributed by atoms with Crippen molar-refractivity contribution in [2.45, 2.75) is 17.3 Å². The molecular weight excluding hydrogens is 324 g/mol. The Bertz CT molecular complexity index is 940. The van der Waals surface area contributed by atoms with Crippen LogP contribution in [0.15, 0.2) is 64.5 Å². The number of nitrogens with one attached hydrogen (secondary N) is 1. The highest BCUT2D eigenvalue weighted by Gasteiger charge is 2.17. The highest BCUT2D eigenvalue weighted by Crippen LogP contribution is 2.22. The van der Waals surface area contributed by atoms with Gasteiger partial charge in [0, 0.05) is 0 Å². The fourth-order valence-corrected chi connectivity index (χ4v) is 2.97. The van der Waals surface area contributed by atoms with Crippen molar-refractivity contribution in [3.8, 4) is 0 Å². The van der Waals surface area contributed by atoms with Gasteiger partial charge >= 0.3 is 0 Å². The van der Waals surface area contributed by atoms with E-state index >= 15 is 0 Å². The number of thioether (sulfide) groups is 1. The van der Waals surface area contributed by atoms with Gasteiger partial charge in [0.2, 0.25) is 5.91 Å². The minimum atomic E-state index is -0.512. The van der Waals surface area contributed by atoms with Gasteiger partial charge in [0.25, 0.3) is 5.56 Å². The number of nitrogens with two attached hydrogens (primary N) is 1. The zero-order valence-electron chi connectivity index (χ0n) is 13.0. The van der Waals surface area contributed by atoms with Gasteiger partial charge in [0.1, 0.15) is 0 Å². The highest BCUT2D eigenvalue weighted by atomic mass is 32.2. The summed E-state index contributed by atoms with van der Waals surface area (Å²) in [6.07, 6.45) is 0. The maximum Gasteiger partial charge on any atom is 0.280 e.